The van der Waals surface area contributed by atoms with Crippen molar-refractivity contribution in [2.45, 2.75) is 45.1 Å². The lowest BCUT2D eigenvalue weighted by Crippen LogP contribution is -2.40. The maximum absolute atomic E-state index is 12.3. The Labute approximate surface area is 138 Å². The van der Waals surface area contributed by atoms with Crippen LogP contribution in [0.15, 0.2) is 12.3 Å². The summed E-state index contributed by atoms with van der Waals surface area (Å²) in [6.07, 6.45) is 1.25. The van der Waals surface area contributed by atoms with Crippen LogP contribution in [0.4, 0.5) is 13.6 Å². The summed E-state index contributed by atoms with van der Waals surface area (Å²) in [5.41, 5.74) is 0.745. The number of aromatic nitrogens is 1. The smallest absolute Gasteiger partial charge is 0.410 e. The number of hydrogen-bond donors (Lipinski definition) is 0. The molecule has 134 valence electrons. The maximum atomic E-state index is 12.3. The second kappa shape index (κ2) is 6.50. The van der Waals surface area contributed by atoms with Gasteiger partial charge in [0.1, 0.15) is 5.60 Å². The largest absolute Gasteiger partial charge is 0.444 e. The monoisotopic (exact) mass is 364 g/mol. The molecule has 10 heteroatoms. The van der Waals surface area contributed by atoms with Crippen molar-refractivity contribution in [1.82, 2.24) is 9.88 Å². The van der Waals surface area contributed by atoms with E-state index in [2.05, 4.69) is 9.17 Å². The Kier molecular flexibility index (Phi) is 4.97. The number of nitrogens with zero attached hydrogens (tertiary/aromatic N) is 2. The average Bonchev–Trinajstić information content (AvgIpc) is 2.44. The van der Waals surface area contributed by atoms with Gasteiger partial charge in [-0.1, -0.05) is 0 Å². The maximum Gasteiger partial charge on any atom is 0.410 e. The molecule has 0 bridgehead atoms. The molecule has 1 aromatic rings. The predicted octanol–water partition coefficient (Wildman–Crippen LogP) is 2.31. The van der Waals surface area contributed by atoms with Crippen LogP contribution in [-0.4, -0.2) is 42.3 Å². The molecule has 0 atom stereocenters. The van der Waals surface area contributed by atoms with E-state index in [1.54, 1.807) is 20.8 Å². The molecule has 2 heterocycles. The highest BCUT2D eigenvalue weighted by molar-refractivity contribution is 7.87. The van der Waals surface area contributed by atoms with Crippen molar-refractivity contribution < 1.29 is 30.9 Å². The molecule has 7 nitrogen and oxygen atoms in total. The Bertz CT molecular complexity index is 731. The number of ether oxygens (including phenoxy) is 1. The molecule has 2 rings (SSSR count). The number of rotatable bonds is 3. The summed E-state index contributed by atoms with van der Waals surface area (Å²) >= 11 is 0. The highest BCUT2D eigenvalue weighted by Gasteiger charge is 2.29. The molecule has 1 aromatic heterocycles. The molecule has 0 aromatic carbocycles. The van der Waals surface area contributed by atoms with Gasteiger partial charge in [0, 0.05) is 18.8 Å². The van der Waals surface area contributed by atoms with Gasteiger partial charge in [-0.15, -0.1) is 0 Å². The van der Waals surface area contributed by atoms with E-state index >= 15 is 0 Å². The second-order valence-corrected chi connectivity index (χ2v) is 7.79. The summed E-state index contributed by atoms with van der Waals surface area (Å²) in [6, 6.07) is 1.29. The van der Waals surface area contributed by atoms with E-state index in [0.717, 1.165) is 0 Å². The SMILES string of the molecule is CC(C)(C)OC(=O)N1CCc2cc(OS(=O)(=O)C(F)F)ncc2C1. The van der Waals surface area contributed by atoms with Gasteiger partial charge in [-0.25, -0.2) is 9.78 Å². The van der Waals surface area contributed by atoms with Crippen molar-refractivity contribution in [3.05, 3.63) is 23.4 Å². The minimum absolute atomic E-state index is 0.235. The molecular weight excluding hydrogens is 346 g/mol. The molecule has 1 aliphatic heterocycles. The number of carbonyl (C=O) groups excluding carboxylic acids is 1. The molecule has 1 aliphatic rings. The summed E-state index contributed by atoms with van der Waals surface area (Å²) in [6.45, 7) is 5.87. The summed E-state index contributed by atoms with van der Waals surface area (Å²) in [4.78, 5) is 17.3. The van der Waals surface area contributed by atoms with Crippen molar-refractivity contribution in [3.63, 3.8) is 0 Å². The first-order valence-corrected chi connectivity index (χ1v) is 8.62. The average molecular weight is 364 g/mol. The van der Waals surface area contributed by atoms with Crippen LogP contribution in [0.2, 0.25) is 0 Å². The fraction of sp³-hybridized carbons (Fsp3) is 0.571. The molecule has 0 radical (unpaired) electrons. The number of halogens is 2. The normalized spacial score (nSPS) is 15.2. The summed E-state index contributed by atoms with van der Waals surface area (Å²) in [7, 11) is -5.00. The van der Waals surface area contributed by atoms with Crippen molar-refractivity contribution in [2.75, 3.05) is 6.54 Å². The summed E-state index contributed by atoms with van der Waals surface area (Å²) in [5, 5.41) is 0. The minimum Gasteiger partial charge on any atom is -0.444 e. The van der Waals surface area contributed by atoms with Gasteiger partial charge in [-0.3, -0.25) is 0 Å². The Hall–Kier alpha value is -1.97. The van der Waals surface area contributed by atoms with Crippen molar-refractivity contribution in [1.29, 1.82) is 0 Å². The molecule has 0 fully saturated rings. The third-order valence-electron chi connectivity index (χ3n) is 3.14. The van der Waals surface area contributed by atoms with Crippen LogP contribution in [0.1, 0.15) is 31.9 Å². The van der Waals surface area contributed by atoms with E-state index in [-0.39, 0.29) is 6.54 Å². The van der Waals surface area contributed by atoms with E-state index < -0.39 is 33.4 Å². The Morgan fingerprint density at radius 2 is 2.00 bits per heavy atom. The van der Waals surface area contributed by atoms with Gasteiger partial charge in [0.25, 0.3) is 0 Å². The van der Waals surface area contributed by atoms with Crippen LogP contribution in [-0.2, 0) is 27.8 Å². The minimum atomic E-state index is -5.00. The number of fused-ring (bicyclic) bond motifs is 1. The lowest BCUT2D eigenvalue weighted by molar-refractivity contribution is 0.0223. The van der Waals surface area contributed by atoms with E-state index in [4.69, 9.17) is 4.74 Å². The van der Waals surface area contributed by atoms with E-state index in [9.17, 15) is 22.0 Å². The van der Waals surface area contributed by atoms with Crippen LogP contribution in [0, 0.1) is 0 Å². The van der Waals surface area contributed by atoms with Crippen molar-refractivity contribution >= 4 is 16.2 Å². The zero-order valence-corrected chi connectivity index (χ0v) is 14.3. The first kappa shape index (κ1) is 18.4. The highest BCUT2D eigenvalue weighted by Crippen LogP contribution is 2.24. The van der Waals surface area contributed by atoms with E-state index in [1.165, 1.54) is 17.2 Å². The van der Waals surface area contributed by atoms with Gasteiger partial charge in [0.15, 0.2) is 0 Å². The van der Waals surface area contributed by atoms with Gasteiger partial charge >= 0.3 is 22.0 Å². The van der Waals surface area contributed by atoms with Gasteiger partial charge in [-0.2, -0.15) is 17.2 Å². The summed E-state index contributed by atoms with van der Waals surface area (Å²) in [5.74, 6) is -4.06. The van der Waals surface area contributed by atoms with Crippen LogP contribution in [0.3, 0.4) is 0 Å². The number of pyridine rings is 1. The van der Waals surface area contributed by atoms with Gasteiger partial charge < -0.3 is 13.8 Å². The number of carbonyl (C=O) groups is 1. The predicted molar refractivity (Wildman–Crippen MR) is 80.1 cm³/mol. The molecular formula is C14H18F2N2O5S. The highest BCUT2D eigenvalue weighted by atomic mass is 32.2. The zero-order chi connectivity index (χ0) is 18.1. The third-order valence-corrected chi connectivity index (χ3v) is 3.98. The Morgan fingerprint density at radius 1 is 1.33 bits per heavy atom. The topological polar surface area (TPSA) is 85.8 Å². The van der Waals surface area contributed by atoms with Crippen molar-refractivity contribution in [2.24, 2.45) is 0 Å². The number of alkyl halides is 2. The van der Waals surface area contributed by atoms with Gasteiger partial charge in [0.05, 0.1) is 6.54 Å². The fourth-order valence-corrected chi connectivity index (χ4v) is 2.50. The third kappa shape index (κ3) is 4.53. The number of hydrogen-bond acceptors (Lipinski definition) is 6. The standard InChI is InChI=1S/C14H18F2N2O5S/c1-14(2,3)22-13(19)18-5-4-9-6-11(17-7-10(9)8-18)23-24(20,21)12(15)16/h6-7,12H,4-5,8H2,1-3H3. The molecule has 0 saturated carbocycles. The second-order valence-electron chi connectivity index (χ2n) is 6.28. The Balaban J connectivity index is 2.11. The fourth-order valence-electron chi connectivity index (χ4n) is 2.10. The first-order chi connectivity index (χ1) is 11.0. The van der Waals surface area contributed by atoms with Crippen LogP contribution in [0.25, 0.3) is 0 Å². The quantitative estimate of drug-likeness (QED) is 0.765. The van der Waals surface area contributed by atoms with Gasteiger partial charge in [0.2, 0.25) is 5.88 Å². The molecule has 24 heavy (non-hydrogen) atoms. The molecule has 0 aliphatic carbocycles. The molecule has 1 amide bonds. The van der Waals surface area contributed by atoms with Gasteiger partial charge in [-0.05, 0) is 38.3 Å². The van der Waals surface area contributed by atoms with Crippen LogP contribution >= 0.6 is 0 Å². The first-order valence-electron chi connectivity index (χ1n) is 7.15. The van der Waals surface area contributed by atoms with E-state index in [1.807, 2.05) is 0 Å². The molecule has 0 unspecified atom stereocenters. The van der Waals surface area contributed by atoms with Crippen molar-refractivity contribution in [3.8, 4) is 5.88 Å². The number of amides is 1. The van der Waals surface area contributed by atoms with Crippen LogP contribution in [0.5, 0.6) is 5.88 Å². The lowest BCUT2D eigenvalue weighted by Gasteiger charge is -2.31. The lowest BCUT2D eigenvalue weighted by atomic mass is 10.0. The Morgan fingerprint density at radius 3 is 2.58 bits per heavy atom. The molecule has 0 N–H and O–H groups in total. The van der Waals surface area contributed by atoms with Crippen LogP contribution < -0.4 is 4.18 Å². The molecule has 0 saturated heterocycles. The summed E-state index contributed by atoms with van der Waals surface area (Å²) < 4.78 is 56.3. The zero-order valence-electron chi connectivity index (χ0n) is 13.5. The van der Waals surface area contributed by atoms with E-state index in [0.29, 0.717) is 24.1 Å². The molecule has 0 spiro atoms.